The van der Waals surface area contributed by atoms with Crippen molar-refractivity contribution in [1.29, 1.82) is 0 Å². The Bertz CT molecular complexity index is 607. The molecule has 1 aliphatic heterocycles. The molecule has 3 rings (SSSR count). The number of rotatable bonds is 2. The van der Waals surface area contributed by atoms with Crippen LogP contribution in [-0.2, 0) is 0 Å². The summed E-state index contributed by atoms with van der Waals surface area (Å²) in [5, 5.41) is 0. The molecule has 0 bridgehead atoms. The van der Waals surface area contributed by atoms with Gasteiger partial charge in [0, 0.05) is 11.3 Å². The maximum Gasteiger partial charge on any atom is 0.206 e. The van der Waals surface area contributed by atoms with E-state index in [4.69, 9.17) is 15.2 Å². The number of carbonyl (C=O) groups excluding carboxylic acids is 1. The van der Waals surface area contributed by atoms with Gasteiger partial charge in [0.15, 0.2) is 17.6 Å². The number of fused-ring (bicyclic) bond motifs is 1. The van der Waals surface area contributed by atoms with Gasteiger partial charge in [-0.25, -0.2) is 0 Å². The molecule has 2 aromatic rings. The molecule has 0 amide bonds. The summed E-state index contributed by atoms with van der Waals surface area (Å²) in [6.45, 7) is 0.222. The Morgan fingerprint density at radius 3 is 2.47 bits per heavy atom. The molecule has 0 aromatic heterocycles. The van der Waals surface area contributed by atoms with Crippen molar-refractivity contribution < 1.29 is 14.3 Å². The Morgan fingerprint density at radius 1 is 1.05 bits per heavy atom. The van der Waals surface area contributed by atoms with Gasteiger partial charge in [-0.2, -0.15) is 0 Å². The zero-order valence-corrected chi connectivity index (χ0v) is 10.2. The highest BCUT2D eigenvalue weighted by molar-refractivity contribution is 6.00. The summed E-state index contributed by atoms with van der Waals surface area (Å²) in [5.41, 5.74) is 6.80. The second-order valence-corrected chi connectivity index (χ2v) is 4.35. The molecule has 2 N–H and O–H groups in total. The lowest BCUT2D eigenvalue weighted by Gasteiger charge is -2.25. The fourth-order valence-electron chi connectivity index (χ4n) is 1.98. The fraction of sp³-hybridized carbons (Fsp3) is 0.133. The molecule has 0 radical (unpaired) electrons. The second kappa shape index (κ2) is 4.65. The minimum Gasteiger partial charge on any atom is -0.485 e. The minimum absolute atomic E-state index is 0.102. The number of anilines is 1. The van der Waals surface area contributed by atoms with Crippen LogP contribution in [0.2, 0.25) is 0 Å². The monoisotopic (exact) mass is 255 g/mol. The summed E-state index contributed by atoms with van der Waals surface area (Å²) < 4.78 is 11.2. The molecule has 4 heteroatoms. The zero-order valence-electron chi connectivity index (χ0n) is 10.2. The van der Waals surface area contributed by atoms with Gasteiger partial charge in [-0.05, 0) is 36.4 Å². The molecular weight excluding hydrogens is 242 g/mol. The van der Waals surface area contributed by atoms with Crippen LogP contribution in [0.5, 0.6) is 11.5 Å². The van der Waals surface area contributed by atoms with Crippen molar-refractivity contribution in [2.45, 2.75) is 6.10 Å². The number of hydrogen-bond donors (Lipinski definition) is 1. The van der Waals surface area contributed by atoms with Gasteiger partial charge >= 0.3 is 0 Å². The standard InChI is InChI=1S/C15H13NO3/c16-11-7-5-10(6-8-11)15(17)14-9-18-12-3-1-2-4-13(12)19-14/h1-8,14H,9,16H2. The van der Waals surface area contributed by atoms with Gasteiger partial charge < -0.3 is 15.2 Å². The van der Waals surface area contributed by atoms with Crippen molar-refractivity contribution in [3.8, 4) is 11.5 Å². The number of nitrogens with two attached hydrogens (primary N) is 1. The lowest BCUT2D eigenvalue weighted by atomic mass is 10.1. The SMILES string of the molecule is Nc1ccc(C(=O)C2COc3ccccc3O2)cc1. The molecule has 1 unspecified atom stereocenters. The van der Waals surface area contributed by atoms with E-state index in [0.717, 1.165) is 0 Å². The van der Waals surface area contributed by atoms with Crippen LogP contribution in [0.4, 0.5) is 5.69 Å². The lowest BCUT2D eigenvalue weighted by molar-refractivity contribution is 0.0586. The highest BCUT2D eigenvalue weighted by atomic mass is 16.6. The molecule has 2 aromatic carbocycles. The molecule has 0 spiro atoms. The average molecular weight is 255 g/mol. The maximum absolute atomic E-state index is 12.3. The van der Waals surface area contributed by atoms with Crippen LogP contribution < -0.4 is 15.2 Å². The Morgan fingerprint density at radius 2 is 1.74 bits per heavy atom. The first-order valence-electron chi connectivity index (χ1n) is 6.02. The van der Waals surface area contributed by atoms with Crippen molar-refractivity contribution in [3.05, 3.63) is 54.1 Å². The van der Waals surface area contributed by atoms with Gasteiger partial charge in [0.05, 0.1) is 0 Å². The van der Waals surface area contributed by atoms with Gasteiger partial charge in [-0.3, -0.25) is 4.79 Å². The van der Waals surface area contributed by atoms with E-state index in [-0.39, 0.29) is 12.4 Å². The van der Waals surface area contributed by atoms with E-state index < -0.39 is 6.10 Å². The highest BCUT2D eigenvalue weighted by Crippen LogP contribution is 2.31. The molecule has 4 nitrogen and oxygen atoms in total. The number of carbonyl (C=O) groups is 1. The fourth-order valence-corrected chi connectivity index (χ4v) is 1.98. The van der Waals surface area contributed by atoms with E-state index >= 15 is 0 Å². The van der Waals surface area contributed by atoms with Gasteiger partial charge in [-0.15, -0.1) is 0 Å². The van der Waals surface area contributed by atoms with Crippen LogP contribution in [0.25, 0.3) is 0 Å². The molecule has 1 aliphatic rings. The normalized spacial score (nSPS) is 16.9. The summed E-state index contributed by atoms with van der Waals surface area (Å²) in [6.07, 6.45) is -0.612. The van der Waals surface area contributed by atoms with Crippen LogP contribution in [0.15, 0.2) is 48.5 Å². The predicted octanol–water partition coefficient (Wildman–Crippen LogP) is 2.29. The molecule has 1 heterocycles. The van der Waals surface area contributed by atoms with E-state index in [9.17, 15) is 4.79 Å². The molecule has 0 fully saturated rings. The van der Waals surface area contributed by atoms with Crippen LogP contribution in [0.1, 0.15) is 10.4 Å². The number of hydrogen-bond acceptors (Lipinski definition) is 4. The number of para-hydroxylation sites is 2. The van der Waals surface area contributed by atoms with Crippen molar-refractivity contribution in [2.75, 3.05) is 12.3 Å². The third kappa shape index (κ3) is 2.25. The molecule has 96 valence electrons. The third-order valence-electron chi connectivity index (χ3n) is 3.00. The van der Waals surface area contributed by atoms with Gasteiger partial charge in [0.1, 0.15) is 6.61 Å². The van der Waals surface area contributed by atoms with E-state index in [1.54, 1.807) is 30.3 Å². The van der Waals surface area contributed by atoms with Crippen molar-refractivity contribution in [3.63, 3.8) is 0 Å². The Balaban J connectivity index is 1.81. The first-order valence-corrected chi connectivity index (χ1v) is 6.02. The largest absolute Gasteiger partial charge is 0.485 e. The number of ketones is 1. The Kier molecular flexibility index (Phi) is 2.83. The summed E-state index contributed by atoms with van der Waals surface area (Å²) in [7, 11) is 0. The van der Waals surface area contributed by atoms with E-state index in [1.165, 1.54) is 0 Å². The highest BCUT2D eigenvalue weighted by Gasteiger charge is 2.27. The van der Waals surface area contributed by atoms with Crippen LogP contribution in [0.3, 0.4) is 0 Å². The number of Topliss-reactive ketones (excluding diaryl/α,β-unsaturated/α-hetero) is 1. The van der Waals surface area contributed by atoms with Crippen LogP contribution >= 0.6 is 0 Å². The average Bonchev–Trinajstić information content (AvgIpc) is 2.47. The first kappa shape index (κ1) is 11.6. The second-order valence-electron chi connectivity index (χ2n) is 4.35. The van der Waals surface area contributed by atoms with Crippen molar-refractivity contribution in [1.82, 2.24) is 0 Å². The summed E-state index contributed by atoms with van der Waals surface area (Å²) in [4.78, 5) is 12.3. The van der Waals surface area contributed by atoms with E-state index in [2.05, 4.69) is 0 Å². The zero-order chi connectivity index (χ0) is 13.2. The molecule has 0 saturated heterocycles. The van der Waals surface area contributed by atoms with E-state index in [1.807, 2.05) is 18.2 Å². The number of nitrogen functional groups attached to an aromatic ring is 1. The molecule has 0 saturated carbocycles. The molecule has 19 heavy (non-hydrogen) atoms. The Hall–Kier alpha value is -2.49. The minimum atomic E-state index is -0.612. The summed E-state index contributed by atoms with van der Waals surface area (Å²) in [6, 6.07) is 14.1. The molecule has 1 atom stereocenters. The topological polar surface area (TPSA) is 61.6 Å². The Labute approximate surface area is 110 Å². The van der Waals surface area contributed by atoms with E-state index in [0.29, 0.717) is 22.7 Å². The van der Waals surface area contributed by atoms with Crippen molar-refractivity contribution in [2.24, 2.45) is 0 Å². The van der Waals surface area contributed by atoms with Crippen LogP contribution in [0, 0.1) is 0 Å². The lowest BCUT2D eigenvalue weighted by Crippen LogP contribution is -2.36. The molecule has 0 aliphatic carbocycles. The first-order chi connectivity index (χ1) is 9.24. The quantitative estimate of drug-likeness (QED) is 0.660. The van der Waals surface area contributed by atoms with Gasteiger partial charge in [0.25, 0.3) is 0 Å². The summed E-state index contributed by atoms with van der Waals surface area (Å²) >= 11 is 0. The number of ether oxygens (including phenoxy) is 2. The van der Waals surface area contributed by atoms with Crippen molar-refractivity contribution >= 4 is 11.5 Å². The third-order valence-corrected chi connectivity index (χ3v) is 3.00. The van der Waals surface area contributed by atoms with Gasteiger partial charge in [0.2, 0.25) is 5.78 Å². The predicted molar refractivity (Wildman–Crippen MR) is 71.5 cm³/mol. The maximum atomic E-state index is 12.3. The van der Waals surface area contributed by atoms with Gasteiger partial charge in [-0.1, -0.05) is 12.1 Å². The van der Waals surface area contributed by atoms with Crippen LogP contribution in [-0.4, -0.2) is 18.5 Å². The molecular formula is C15H13NO3. The summed E-state index contributed by atoms with van der Waals surface area (Å²) in [5.74, 6) is 1.17. The number of benzene rings is 2. The smallest absolute Gasteiger partial charge is 0.206 e.